The monoisotopic (exact) mass is 508 g/mol. The lowest BCUT2D eigenvalue weighted by Crippen LogP contribution is -2.20. The maximum absolute atomic E-state index is 14.9. The van der Waals surface area contributed by atoms with Crippen LogP contribution in [0.5, 0.6) is 0 Å². The van der Waals surface area contributed by atoms with E-state index < -0.39 is 51.9 Å². The molecule has 0 bridgehead atoms. The van der Waals surface area contributed by atoms with Crippen LogP contribution in [0.2, 0.25) is 0 Å². The molecule has 1 nitrogen and oxygen atoms in total. The van der Waals surface area contributed by atoms with Gasteiger partial charge in [0.25, 0.3) is 0 Å². The van der Waals surface area contributed by atoms with Crippen molar-refractivity contribution in [2.24, 2.45) is 5.92 Å². The third kappa shape index (κ3) is 5.33. The highest BCUT2D eigenvalue weighted by Gasteiger charge is 2.24. The Balaban J connectivity index is 1.57. The van der Waals surface area contributed by atoms with Gasteiger partial charge in [-0.1, -0.05) is 31.5 Å². The van der Waals surface area contributed by atoms with E-state index >= 15 is 0 Å². The summed E-state index contributed by atoms with van der Waals surface area (Å²) in [5.41, 5.74) is -1.34. The van der Waals surface area contributed by atoms with Crippen LogP contribution in [0.4, 0.5) is 30.7 Å². The van der Waals surface area contributed by atoms with Gasteiger partial charge in [-0.25, -0.2) is 30.7 Å². The van der Waals surface area contributed by atoms with Crippen LogP contribution in [0, 0.1) is 35.0 Å². The van der Waals surface area contributed by atoms with Crippen LogP contribution in [-0.2, 0) is 4.74 Å². The van der Waals surface area contributed by atoms with E-state index in [0.717, 1.165) is 43.5 Å². The van der Waals surface area contributed by atoms with Crippen molar-refractivity contribution in [3.05, 3.63) is 94.3 Å². The fraction of sp³-hybridized carbons (Fsp3) is 0.286. The minimum atomic E-state index is -1.71. The van der Waals surface area contributed by atoms with Crippen LogP contribution < -0.4 is 0 Å². The van der Waals surface area contributed by atoms with E-state index in [1.807, 2.05) is 0 Å². The second-order valence-corrected chi connectivity index (χ2v) is 8.87. The lowest BCUT2D eigenvalue weighted by molar-refractivity contribution is -0.0196. The molecule has 8 heteroatoms. The molecule has 0 aromatic heterocycles. The number of hydrogen-bond donors (Lipinski definition) is 0. The number of ether oxygens (including phenoxy) is 1. The number of hydrogen-bond acceptors (Lipinski definition) is 1. The molecule has 3 aromatic rings. The minimum Gasteiger partial charge on any atom is -0.373 e. The number of rotatable bonds is 6. The van der Waals surface area contributed by atoms with Gasteiger partial charge < -0.3 is 4.74 Å². The molecule has 0 radical (unpaired) electrons. The number of halogens is 7. The van der Waals surface area contributed by atoms with E-state index in [0.29, 0.717) is 42.7 Å². The molecule has 3 aromatic carbocycles. The molecule has 190 valence electrons. The summed E-state index contributed by atoms with van der Waals surface area (Å²) in [7, 11) is 0. The highest BCUT2D eigenvalue weighted by atomic mass is 19.2. The topological polar surface area (TPSA) is 9.23 Å². The molecule has 1 saturated heterocycles. The SMILES string of the molecule is CCCC1CCC(c2ccc(C(F)=C(F)c3ccc(-c4cc(F)c(F)c(F)c4)c(F)c3)c(F)c2)OC1. The largest absolute Gasteiger partial charge is 0.373 e. The highest BCUT2D eigenvalue weighted by Crippen LogP contribution is 2.36. The average molecular weight is 508 g/mol. The fourth-order valence-corrected chi connectivity index (χ4v) is 4.46. The zero-order valence-corrected chi connectivity index (χ0v) is 19.4. The van der Waals surface area contributed by atoms with Gasteiger partial charge in [0.15, 0.2) is 29.1 Å². The zero-order chi connectivity index (χ0) is 26.0. The molecule has 1 heterocycles. The minimum absolute atomic E-state index is 0.326. The first kappa shape index (κ1) is 25.9. The summed E-state index contributed by atoms with van der Waals surface area (Å²) in [5, 5.41) is 0. The second-order valence-electron chi connectivity index (χ2n) is 8.87. The predicted octanol–water partition coefficient (Wildman–Crippen LogP) is 9.08. The third-order valence-corrected chi connectivity index (χ3v) is 6.38. The van der Waals surface area contributed by atoms with Crippen molar-refractivity contribution >= 4 is 11.7 Å². The first-order valence-corrected chi connectivity index (χ1v) is 11.6. The standard InChI is InChI=1S/C28H23F7O/c1-2-3-15-4-9-25(36-14-15)16-5-8-20(22(30)10-16)27(34)26(33)17-6-7-19(21(29)11-17)18-12-23(31)28(35)24(32)13-18/h5-8,10-13,15,25H,2-4,9,14H2,1H3. The summed E-state index contributed by atoms with van der Waals surface area (Å²) in [6.07, 6.45) is 3.40. The van der Waals surface area contributed by atoms with Crippen molar-refractivity contribution in [2.45, 2.75) is 38.7 Å². The van der Waals surface area contributed by atoms with E-state index in [1.165, 1.54) is 6.07 Å². The van der Waals surface area contributed by atoms with E-state index in [1.54, 1.807) is 0 Å². The molecule has 1 aliphatic heterocycles. The van der Waals surface area contributed by atoms with Gasteiger partial charge in [0.2, 0.25) is 0 Å². The van der Waals surface area contributed by atoms with E-state index in [2.05, 4.69) is 6.92 Å². The van der Waals surface area contributed by atoms with Gasteiger partial charge in [-0.05, 0) is 66.6 Å². The van der Waals surface area contributed by atoms with Crippen LogP contribution in [-0.4, -0.2) is 6.61 Å². The van der Waals surface area contributed by atoms with Crippen molar-refractivity contribution in [3.63, 3.8) is 0 Å². The van der Waals surface area contributed by atoms with Gasteiger partial charge in [-0.15, -0.1) is 0 Å². The predicted molar refractivity (Wildman–Crippen MR) is 123 cm³/mol. The van der Waals surface area contributed by atoms with Crippen LogP contribution in [0.15, 0.2) is 48.5 Å². The first-order chi connectivity index (χ1) is 17.2. The first-order valence-electron chi connectivity index (χ1n) is 11.6. The van der Waals surface area contributed by atoms with Gasteiger partial charge in [0.1, 0.15) is 11.6 Å². The van der Waals surface area contributed by atoms with Crippen molar-refractivity contribution in [1.82, 2.24) is 0 Å². The van der Waals surface area contributed by atoms with Crippen molar-refractivity contribution < 1.29 is 35.5 Å². The third-order valence-electron chi connectivity index (χ3n) is 6.38. The molecular formula is C28H23F7O. The molecule has 0 saturated carbocycles. The van der Waals surface area contributed by atoms with Gasteiger partial charge in [-0.2, -0.15) is 0 Å². The summed E-state index contributed by atoms with van der Waals surface area (Å²) in [6.45, 7) is 2.65. The molecule has 0 amide bonds. The van der Waals surface area contributed by atoms with E-state index in [4.69, 9.17) is 4.74 Å². The molecule has 0 aliphatic carbocycles. The number of benzene rings is 3. The smallest absolute Gasteiger partial charge is 0.194 e. The lowest BCUT2D eigenvalue weighted by Gasteiger charge is -2.29. The summed E-state index contributed by atoms with van der Waals surface area (Å²) >= 11 is 0. The Labute approximate surface area is 204 Å². The molecule has 4 rings (SSSR count). The Bertz CT molecular complexity index is 1270. The fourth-order valence-electron chi connectivity index (χ4n) is 4.46. The normalized spacial score (nSPS) is 18.8. The summed E-state index contributed by atoms with van der Waals surface area (Å²) in [4.78, 5) is 0. The van der Waals surface area contributed by atoms with Crippen LogP contribution in [0.25, 0.3) is 22.8 Å². The Morgan fingerprint density at radius 1 is 0.806 bits per heavy atom. The van der Waals surface area contributed by atoms with Crippen molar-refractivity contribution in [1.29, 1.82) is 0 Å². The quantitative estimate of drug-likeness (QED) is 0.183. The zero-order valence-electron chi connectivity index (χ0n) is 19.4. The summed E-state index contributed by atoms with van der Waals surface area (Å²) in [5.74, 6) is -9.47. The van der Waals surface area contributed by atoms with Crippen molar-refractivity contribution in [3.8, 4) is 11.1 Å². The second kappa shape index (κ2) is 10.9. The molecule has 1 aliphatic rings. The Hall–Kier alpha value is -3.13. The molecule has 1 fully saturated rings. The lowest BCUT2D eigenvalue weighted by atomic mass is 9.91. The average Bonchev–Trinajstić information content (AvgIpc) is 2.86. The highest BCUT2D eigenvalue weighted by molar-refractivity contribution is 5.84. The van der Waals surface area contributed by atoms with Gasteiger partial charge in [-0.3, -0.25) is 0 Å². The molecule has 0 N–H and O–H groups in total. The van der Waals surface area contributed by atoms with Gasteiger partial charge >= 0.3 is 0 Å². The Kier molecular flexibility index (Phi) is 7.83. The van der Waals surface area contributed by atoms with Gasteiger partial charge in [0.05, 0.1) is 12.7 Å². The summed E-state index contributed by atoms with van der Waals surface area (Å²) < 4.78 is 105. The van der Waals surface area contributed by atoms with Gasteiger partial charge in [0, 0.05) is 16.7 Å². The Morgan fingerprint density at radius 2 is 1.53 bits per heavy atom. The van der Waals surface area contributed by atoms with E-state index in [-0.39, 0.29) is 17.2 Å². The van der Waals surface area contributed by atoms with Crippen LogP contribution in [0.3, 0.4) is 0 Å². The molecule has 0 spiro atoms. The summed E-state index contributed by atoms with van der Waals surface area (Å²) in [6, 6.07) is 7.40. The maximum Gasteiger partial charge on any atom is 0.194 e. The molecular weight excluding hydrogens is 485 g/mol. The van der Waals surface area contributed by atoms with Crippen LogP contribution >= 0.6 is 0 Å². The molecule has 36 heavy (non-hydrogen) atoms. The molecule has 2 atom stereocenters. The van der Waals surface area contributed by atoms with Crippen LogP contribution in [0.1, 0.15) is 55.4 Å². The maximum atomic E-state index is 14.9. The van der Waals surface area contributed by atoms with Crippen molar-refractivity contribution in [2.75, 3.05) is 6.61 Å². The van der Waals surface area contributed by atoms with E-state index in [9.17, 15) is 30.7 Å². The molecule has 2 unspecified atom stereocenters. The Morgan fingerprint density at radius 3 is 2.11 bits per heavy atom.